The van der Waals surface area contributed by atoms with Crippen LogP contribution in [0.3, 0.4) is 0 Å². The zero-order valence-corrected chi connectivity index (χ0v) is 11.0. The SMILES string of the molecule is CNC1CN(c2ncnc(-c3ccc(F)cc3)c2F)C1. The zero-order chi connectivity index (χ0) is 14.1. The lowest BCUT2D eigenvalue weighted by atomic mass is 10.1. The molecule has 1 aromatic heterocycles. The highest BCUT2D eigenvalue weighted by molar-refractivity contribution is 5.64. The first-order chi connectivity index (χ1) is 9.69. The lowest BCUT2D eigenvalue weighted by Gasteiger charge is -2.40. The Hall–Kier alpha value is -2.08. The summed E-state index contributed by atoms with van der Waals surface area (Å²) in [4.78, 5) is 9.83. The molecule has 6 heteroatoms. The van der Waals surface area contributed by atoms with E-state index < -0.39 is 5.82 Å². The molecular weight excluding hydrogens is 262 g/mol. The highest BCUT2D eigenvalue weighted by Crippen LogP contribution is 2.28. The normalized spacial score (nSPS) is 15.2. The number of rotatable bonds is 3. The molecule has 104 valence electrons. The van der Waals surface area contributed by atoms with Crippen LogP contribution < -0.4 is 10.2 Å². The molecule has 0 amide bonds. The van der Waals surface area contributed by atoms with Gasteiger partial charge < -0.3 is 10.2 Å². The number of nitrogens with one attached hydrogen (secondary N) is 1. The van der Waals surface area contributed by atoms with Gasteiger partial charge in [-0.15, -0.1) is 0 Å². The molecule has 1 aromatic carbocycles. The van der Waals surface area contributed by atoms with Crippen molar-refractivity contribution in [3.8, 4) is 11.3 Å². The van der Waals surface area contributed by atoms with Gasteiger partial charge in [-0.05, 0) is 31.3 Å². The molecule has 1 N–H and O–H groups in total. The number of anilines is 1. The van der Waals surface area contributed by atoms with E-state index in [0.29, 0.717) is 30.5 Å². The third-order valence-corrected chi connectivity index (χ3v) is 3.48. The summed E-state index contributed by atoms with van der Waals surface area (Å²) in [6, 6.07) is 5.96. The molecule has 0 atom stereocenters. The molecule has 1 aliphatic heterocycles. The van der Waals surface area contributed by atoms with Gasteiger partial charge in [-0.25, -0.2) is 18.7 Å². The van der Waals surface area contributed by atoms with E-state index in [1.807, 2.05) is 11.9 Å². The van der Waals surface area contributed by atoms with Gasteiger partial charge in [-0.3, -0.25) is 0 Å². The van der Waals surface area contributed by atoms with Crippen molar-refractivity contribution >= 4 is 5.82 Å². The van der Waals surface area contributed by atoms with E-state index in [4.69, 9.17) is 0 Å². The molecule has 0 bridgehead atoms. The Morgan fingerprint density at radius 2 is 1.85 bits per heavy atom. The number of hydrogen-bond donors (Lipinski definition) is 1. The molecule has 0 unspecified atom stereocenters. The first-order valence-corrected chi connectivity index (χ1v) is 6.37. The van der Waals surface area contributed by atoms with E-state index in [1.165, 1.54) is 30.6 Å². The van der Waals surface area contributed by atoms with Crippen molar-refractivity contribution in [2.45, 2.75) is 6.04 Å². The first-order valence-electron chi connectivity index (χ1n) is 6.37. The van der Waals surface area contributed by atoms with Gasteiger partial charge in [0.05, 0.1) is 0 Å². The van der Waals surface area contributed by atoms with Crippen molar-refractivity contribution < 1.29 is 8.78 Å². The topological polar surface area (TPSA) is 41.0 Å². The largest absolute Gasteiger partial charge is 0.351 e. The molecule has 4 nitrogen and oxygen atoms in total. The summed E-state index contributed by atoms with van der Waals surface area (Å²) in [5, 5.41) is 3.12. The lowest BCUT2D eigenvalue weighted by molar-refractivity contribution is 0.438. The van der Waals surface area contributed by atoms with Crippen LogP contribution in [0.5, 0.6) is 0 Å². The van der Waals surface area contributed by atoms with Gasteiger partial charge in [-0.2, -0.15) is 0 Å². The number of hydrogen-bond acceptors (Lipinski definition) is 4. The van der Waals surface area contributed by atoms with E-state index in [9.17, 15) is 8.78 Å². The third-order valence-electron chi connectivity index (χ3n) is 3.48. The average molecular weight is 276 g/mol. The molecule has 0 radical (unpaired) electrons. The first kappa shape index (κ1) is 12.9. The summed E-state index contributed by atoms with van der Waals surface area (Å²) in [6.07, 6.45) is 1.34. The molecule has 3 rings (SSSR count). The van der Waals surface area contributed by atoms with Crippen molar-refractivity contribution in [3.63, 3.8) is 0 Å². The van der Waals surface area contributed by atoms with Crippen molar-refractivity contribution in [3.05, 3.63) is 42.2 Å². The Morgan fingerprint density at radius 3 is 2.50 bits per heavy atom. The van der Waals surface area contributed by atoms with Crippen LogP contribution in [0.4, 0.5) is 14.6 Å². The van der Waals surface area contributed by atoms with Gasteiger partial charge in [0, 0.05) is 24.7 Å². The Bertz CT molecular complexity index is 609. The van der Waals surface area contributed by atoms with Gasteiger partial charge in [0.25, 0.3) is 0 Å². The second-order valence-electron chi connectivity index (χ2n) is 4.76. The standard InChI is InChI=1S/C14H14F2N4/c1-17-11-6-20(7-11)14-12(16)13(18-8-19-14)9-2-4-10(15)5-3-9/h2-5,8,11,17H,6-7H2,1H3. The van der Waals surface area contributed by atoms with Crippen LogP contribution >= 0.6 is 0 Å². The maximum Gasteiger partial charge on any atom is 0.191 e. The smallest absolute Gasteiger partial charge is 0.191 e. The van der Waals surface area contributed by atoms with Crippen molar-refractivity contribution in [1.82, 2.24) is 15.3 Å². The van der Waals surface area contributed by atoms with Gasteiger partial charge in [0.1, 0.15) is 17.8 Å². The molecule has 1 fully saturated rings. The number of benzene rings is 1. The zero-order valence-electron chi connectivity index (χ0n) is 11.0. The number of halogens is 2. The van der Waals surface area contributed by atoms with Gasteiger partial charge in [0.15, 0.2) is 11.6 Å². The predicted molar refractivity (Wildman–Crippen MR) is 72.4 cm³/mol. The van der Waals surface area contributed by atoms with E-state index >= 15 is 0 Å². The van der Waals surface area contributed by atoms with Crippen LogP contribution in [0, 0.1) is 11.6 Å². The second-order valence-corrected chi connectivity index (χ2v) is 4.76. The van der Waals surface area contributed by atoms with E-state index in [0.717, 1.165) is 0 Å². The molecule has 0 spiro atoms. The number of nitrogens with zero attached hydrogens (tertiary/aromatic N) is 3. The van der Waals surface area contributed by atoms with Crippen LogP contribution in [-0.2, 0) is 0 Å². The fraction of sp³-hybridized carbons (Fsp3) is 0.286. The molecule has 2 heterocycles. The van der Waals surface area contributed by atoms with Gasteiger partial charge >= 0.3 is 0 Å². The van der Waals surface area contributed by atoms with Crippen molar-refractivity contribution in [2.24, 2.45) is 0 Å². The highest BCUT2D eigenvalue weighted by atomic mass is 19.1. The predicted octanol–water partition coefficient (Wildman–Crippen LogP) is 1.83. The quantitative estimate of drug-likeness (QED) is 0.928. The van der Waals surface area contributed by atoms with Crippen molar-refractivity contribution in [2.75, 3.05) is 25.0 Å². The summed E-state index contributed by atoms with van der Waals surface area (Å²) >= 11 is 0. The van der Waals surface area contributed by atoms with E-state index in [2.05, 4.69) is 15.3 Å². The monoisotopic (exact) mass is 276 g/mol. The maximum atomic E-state index is 14.5. The Labute approximate surface area is 115 Å². The summed E-state index contributed by atoms with van der Waals surface area (Å²) < 4.78 is 27.4. The van der Waals surface area contributed by atoms with Crippen LogP contribution in [0.15, 0.2) is 30.6 Å². The summed E-state index contributed by atoms with van der Waals surface area (Å²) in [5.74, 6) is -0.525. The Kier molecular flexibility index (Phi) is 3.31. The van der Waals surface area contributed by atoms with Crippen LogP contribution in [0.25, 0.3) is 11.3 Å². The molecular formula is C14H14F2N4. The maximum absolute atomic E-state index is 14.5. The molecule has 0 saturated carbocycles. The summed E-state index contributed by atoms with van der Waals surface area (Å²) in [5.41, 5.74) is 0.737. The number of likely N-dealkylation sites (N-methyl/N-ethyl adjacent to an activating group) is 1. The highest BCUT2D eigenvalue weighted by Gasteiger charge is 2.29. The molecule has 0 aliphatic carbocycles. The minimum Gasteiger partial charge on any atom is -0.351 e. The van der Waals surface area contributed by atoms with E-state index in [1.54, 1.807) is 0 Å². The molecule has 1 saturated heterocycles. The van der Waals surface area contributed by atoms with Crippen molar-refractivity contribution in [1.29, 1.82) is 0 Å². The van der Waals surface area contributed by atoms with Crippen LogP contribution in [0.2, 0.25) is 0 Å². The molecule has 20 heavy (non-hydrogen) atoms. The Balaban J connectivity index is 1.92. The second kappa shape index (κ2) is 5.13. The van der Waals surface area contributed by atoms with Gasteiger partial charge in [0.2, 0.25) is 0 Å². The molecule has 1 aliphatic rings. The lowest BCUT2D eigenvalue weighted by Crippen LogP contribution is -2.57. The minimum atomic E-state index is -0.464. The fourth-order valence-corrected chi connectivity index (χ4v) is 2.22. The summed E-state index contributed by atoms with van der Waals surface area (Å²) in [7, 11) is 1.88. The third kappa shape index (κ3) is 2.22. The van der Waals surface area contributed by atoms with Crippen LogP contribution in [-0.4, -0.2) is 36.1 Å². The number of aromatic nitrogens is 2. The van der Waals surface area contributed by atoms with Gasteiger partial charge in [-0.1, -0.05) is 0 Å². The molecule has 2 aromatic rings. The van der Waals surface area contributed by atoms with Crippen LogP contribution in [0.1, 0.15) is 0 Å². The average Bonchev–Trinajstić information content (AvgIpc) is 2.41. The minimum absolute atomic E-state index is 0.197. The Morgan fingerprint density at radius 1 is 1.15 bits per heavy atom. The van der Waals surface area contributed by atoms with E-state index in [-0.39, 0.29) is 11.5 Å². The summed E-state index contributed by atoms with van der Waals surface area (Å²) in [6.45, 7) is 1.43. The fourth-order valence-electron chi connectivity index (χ4n) is 2.22.